The van der Waals surface area contributed by atoms with Gasteiger partial charge in [-0.3, -0.25) is 14.4 Å². The van der Waals surface area contributed by atoms with E-state index in [1.54, 1.807) is 44.2 Å². The van der Waals surface area contributed by atoms with E-state index >= 15 is 0 Å². The molecule has 4 atom stereocenters. The van der Waals surface area contributed by atoms with Crippen molar-refractivity contribution in [3.05, 3.63) is 47.5 Å². The molecule has 0 aromatic heterocycles. The summed E-state index contributed by atoms with van der Waals surface area (Å²) in [5, 5.41) is 3.75. The monoisotopic (exact) mass is 371 g/mol. The molecule has 4 aliphatic heterocycles. The molecule has 3 amide bonds. The highest BCUT2D eigenvalue weighted by atomic mass is 16.7. The van der Waals surface area contributed by atoms with Gasteiger partial charge in [-0.05, 0) is 37.6 Å². The van der Waals surface area contributed by atoms with Crippen LogP contribution >= 0.6 is 0 Å². The third-order valence-corrected chi connectivity index (χ3v) is 5.21. The molecule has 2 bridgehead atoms. The van der Waals surface area contributed by atoms with E-state index in [4.69, 9.17) is 9.57 Å². The van der Waals surface area contributed by atoms with Gasteiger partial charge in [-0.1, -0.05) is 25.1 Å². The first-order chi connectivity index (χ1) is 13.0. The number of hydrogen-bond acceptors (Lipinski definition) is 5. The molecule has 4 aliphatic rings. The Kier molecular flexibility index (Phi) is 4.15. The summed E-state index contributed by atoms with van der Waals surface area (Å²) in [4.78, 5) is 44.3. The van der Waals surface area contributed by atoms with Crippen LogP contribution in [0.2, 0.25) is 0 Å². The largest absolute Gasteiger partial charge is 0.448 e. The highest BCUT2D eigenvalue weighted by Gasteiger charge is 2.61. The Morgan fingerprint density at radius 2 is 1.93 bits per heavy atom. The third kappa shape index (κ3) is 2.51. The van der Waals surface area contributed by atoms with Crippen LogP contribution in [0.15, 0.2) is 42.0 Å². The highest BCUT2D eigenvalue weighted by Crippen LogP contribution is 2.42. The Hall–Kier alpha value is -2.87. The van der Waals surface area contributed by atoms with Crippen molar-refractivity contribution in [3.8, 4) is 0 Å². The van der Waals surface area contributed by atoms with Crippen LogP contribution in [0.25, 0.3) is 0 Å². The number of hydrazine groups is 1. The van der Waals surface area contributed by atoms with Gasteiger partial charge < -0.3 is 4.74 Å². The average molecular weight is 371 g/mol. The van der Waals surface area contributed by atoms with Gasteiger partial charge in [-0.25, -0.2) is 9.80 Å². The van der Waals surface area contributed by atoms with E-state index in [1.165, 1.54) is 15.1 Å². The number of benzene rings is 1. The maximum atomic E-state index is 13.1. The molecule has 5 rings (SSSR count). The van der Waals surface area contributed by atoms with Crippen LogP contribution in [-0.2, 0) is 14.4 Å². The van der Waals surface area contributed by atoms with Crippen LogP contribution < -0.4 is 0 Å². The topological polar surface area (TPSA) is 79.4 Å². The predicted molar refractivity (Wildman–Crippen MR) is 93.7 cm³/mol. The Bertz CT molecular complexity index is 824. The predicted octanol–water partition coefficient (Wildman–Crippen LogP) is 1.95. The molecule has 0 aliphatic carbocycles. The van der Waals surface area contributed by atoms with Crippen molar-refractivity contribution in [2.75, 3.05) is 6.61 Å². The molecule has 8 nitrogen and oxygen atoms in total. The number of fused-ring (bicyclic) bond motifs is 1. The lowest BCUT2D eigenvalue weighted by Crippen LogP contribution is -2.70. The molecule has 0 unspecified atom stereocenters. The van der Waals surface area contributed by atoms with Crippen molar-refractivity contribution in [2.45, 2.75) is 39.1 Å². The van der Waals surface area contributed by atoms with Gasteiger partial charge in [0, 0.05) is 5.56 Å². The summed E-state index contributed by atoms with van der Waals surface area (Å²) in [5.41, 5.74) is 1.31. The van der Waals surface area contributed by atoms with Crippen LogP contribution in [0.4, 0.5) is 4.79 Å². The zero-order valence-corrected chi connectivity index (χ0v) is 15.4. The Morgan fingerprint density at radius 3 is 2.59 bits per heavy atom. The zero-order valence-electron chi connectivity index (χ0n) is 15.4. The molecule has 0 radical (unpaired) electrons. The molecule has 1 aromatic rings. The smallest absolute Gasteiger partial charge is 0.431 e. The molecule has 8 heteroatoms. The summed E-state index contributed by atoms with van der Waals surface area (Å²) < 4.78 is 5.16. The molecular weight excluding hydrogens is 350 g/mol. The van der Waals surface area contributed by atoms with E-state index in [2.05, 4.69) is 0 Å². The van der Waals surface area contributed by atoms with Crippen LogP contribution in [0.3, 0.4) is 0 Å². The first-order valence-electron chi connectivity index (χ1n) is 8.98. The molecule has 0 spiro atoms. The third-order valence-electron chi connectivity index (χ3n) is 5.21. The Morgan fingerprint density at radius 1 is 1.22 bits per heavy atom. The number of carbonyl (C=O) groups is 3. The zero-order chi connectivity index (χ0) is 19.3. The number of amides is 3. The second kappa shape index (κ2) is 6.38. The van der Waals surface area contributed by atoms with Gasteiger partial charge in [0.05, 0.1) is 18.6 Å². The molecule has 0 saturated carbocycles. The molecule has 2 saturated heterocycles. The molecular formula is C19H21N3O5. The van der Waals surface area contributed by atoms with Gasteiger partial charge in [-0.2, -0.15) is 10.1 Å². The fourth-order valence-corrected chi connectivity index (χ4v) is 3.83. The van der Waals surface area contributed by atoms with E-state index in [9.17, 15) is 14.4 Å². The second-order valence-electron chi connectivity index (χ2n) is 6.85. The van der Waals surface area contributed by atoms with Gasteiger partial charge in [0.1, 0.15) is 6.10 Å². The molecule has 0 N–H and O–H groups in total. The molecule has 1 aromatic carbocycles. The van der Waals surface area contributed by atoms with Crippen LogP contribution in [0.1, 0.15) is 31.1 Å². The van der Waals surface area contributed by atoms with Gasteiger partial charge in [-0.15, -0.1) is 0 Å². The summed E-state index contributed by atoms with van der Waals surface area (Å²) in [6.07, 6.45) is -0.297. The molecule has 142 valence electrons. The maximum absolute atomic E-state index is 13.1. The van der Waals surface area contributed by atoms with Crippen molar-refractivity contribution < 1.29 is 24.0 Å². The lowest BCUT2D eigenvalue weighted by Gasteiger charge is -2.49. The first kappa shape index (κ1) is 17.5. The minimum Gasteiger partial charge on any atom is -0.448 e. The summed E-state index contributed by atoms with van der Waals surface area (Å²) >= 11 is 0. The van der Waals surface area contributed by atoms with Gasteiger partial charge >= 0.3 is 6.09 Å². The summed E-state index contributed by atoms with van der Waals surface area (Å²) in [6, 6.07) is 8.32. The van der Waals surface area contributed by atoms with Crippen molar-refractivity contribution >= 4 is 17.9 Å². The Balaban J connectivity index is 1.77. The van der Waals surface area contributed by atoms with E-state index in [1.807, 2.05) is 13.0 Å². The van der Waals surface area contributed by atoms with Crippen LogP contribution in [0, 0.1) is 5.92 Å². The number of hydrogen-bond donors (Lipinski definition) is 0. The number of rotatable bonds is 2. The SMILES string of the molecule is CCOC(=O)N1[C@H]2C=C(C)[C@@H](ON2C(=O)c2ccccc2)[C@@H]2[C@H](C)C(=O)N21. The van der Waals surface area contributed by atoms with E-state index < -0.39 is 18.4 Å². The quantitative estimate of drug-likeness (QED) is 0.586. The van der Waals surface area contributed by atoms with E-state index in [0.717, 1.165) is 5.57 Å². The highest BCUT2D eigenvalue weighted by molar-refractivity contribution is 5.94. The van der Waals surface area contributed by atoms with Gasteiger partial charge in [0.2, 0.25) is 5.91 Å². The van der Waals surface area contributed by atoms with Crippen molar-refractivity contribution in [1.82, 2.24) is 15.1 Å². The van der Waals surface area contributed by atoms with Crippen LogP contribution in [0.5, 0.6) is 0 Å². The number of β-lactam (4-membered cyclic amide) rings is 1. The molecule has 4 heterocycles. The first-order valence-corrected chi connectivity index (χ1v) is 8.98. The summed E-state index contributed by atoms with van der Waals surface area (Å²) in [6.45, 7) is 5.52. The minimum atomic E-state index is -0.894. The Labute approximate surface area is 156 Å². The van der Waals surface area contributed by atoms with Gasteiger partial charge in [0.15, 0.2) is 6.17 Å². The standard InChI is InChI=1S/C19H21N3O5/c1-4-26-19(25)20-14-10-11(2)16(15-12(3)17(23)21(15)20)27-22(14)18(24)13-8-6-5-7-9-13/h5-10,12,14-16H,4H2,1-3H3/t12-,14+,15-,16+/m0/s1. The molecule has 2 fully saturated rings. The van der Waals surface area contributed by atoms with Crippen molar-refractivity contribution in [1.29, 1.82) is 0 Å². The van der Waals surface area contributed by atoms with E-state index in [-0.39, 0.29) is 30.4 Å². The number of ether oxygens (including phenoxy) is 1. The maximum Gasteiger partial charge on any atom is 0.431 e. The van der Waals surface area contributed by atoms with Crippen molar-refractivity contribution in [3.63, 3.8) is 0 Å². The summed E-state index contributed by atoms with van der Waals surface area (Å²) in [7, 11) is 0. The number of carbonyl (C=O) groups excluding carboxylic acids is 3. The average Bonchev–Trinajstić information content (AvgIpc) is 2.88. The lowest BCUT2D eigenvalue weighted by atomic mass is 9.84. The lowest BCUT2D eigenvalue weighted by molar-refractivity contribution is -0.187. The second-order valence-corrected chi connectivity index (χ2v) is 6.85. The van der Waals surface area contributed by atoms with Gasteiger partial charge in [0.25, 0.3) is 5.91 Å². The van der Waals surface area contributed by atoms with Crippen LogP contribution in [-0.4, -0.2) is 57.9 Å². The van der Waals surface area contributed by atoms with Crippen molar-refractivity contribution in [2.24, 2.45) is 5.92 Å². The number of nitrogens with zero attached hydrogens (tertiary/aromatic N) is 3. The number of hydroxylamine groups is 2. The fourth-order valence-electron chi connectivity index (χ4n) is 3.83. The summed E-state index contributed by atoms with van der Waals surface area (Å²) in [5.74, 6) is -0.893. The molecule has 27 heavy (non-hydrogen) atoms. The fraction of sp³-hybridized carbons (Fsp3) is 0.421. The van der Waals surface area contributed by atoms with E-state index in [0.29, 0.717) is 5.56 Å². The minimum absolute atomic E-state index is 0.157. The normalized spacial score (nSPS) is 28.9.